The second-order valence-electron chi connectivity index (χ2n) is 8.74. The van der Waals surface area contributed by atoms with Gasteiger partial charge in [0.15, 0.2) is 6.61 Å². The largest absolute Gasteiger partial charge is 0.454 e. The maximum atomic E-state index is 12.9. The predicted octanol–water partition coefficient (Wildman–Crippen LogP) is 3.08. The normalized spacial score (nSPS) is 23.7. The number of amides is 4. The highest BCUT2D eigenvalue weighted by molar-refractivity contribution is 6.08. The van der Waals surface area contributed by atoms with Crippen molar-refractivity contribution in [2.75, 3.05) is 13.2 Å². The van der Waals surface area contributed by atoms with Gasteiger partial charge in [-0.2, -0.15) is 0 Å². The summed E-state index contributed by atoms with van der Waals surface area (Å²) in [5.41, 5.74) is 0.0835. The molecule has 2 N–H and O–H groups in total. The van der Waals surface area contributed by atoms with Gasteiger partial charge in [-0.3, -0.25) is 19.3 Å². The summed E-state index contributed by atoms with van der Waals surface area (Å²) in [6, 6.07) is 8.86. The van der Waals surface area contributed by atoms with Crippen molar-refractivity contribution < 1.29 is 23.9 Å². The fourth-order valence-electron chi connectivity index (χ4n) is 4.59. The summed E-state index contributed by atoms with van der Waals surface area (Å²) < 4.78 is 5.06. The van der Waals surface area contributed by atoms with E-state index in [4.69, 9.17) is 4.74 Å². The number of esters is 1. The third kappa shape index (κ3) is 5.47. The van der Waals surface area contributed by atoms with Crippen molar-refractivity contribution in [3.63, 3.8) is 0 Å². The molecule has 0 bridgehead atoms. The van der Waals surface area contributed by atoms with Crippen molar-refractivity contribution in [1.29, 1.82) is 0 Å². The van der Waals surface area contributed by atoms with Crippen molar-refractivity contribution in [3.8, 4) is 0 Å². The number of hydrogen-bond donors (Lipinski definition) is 2. The van der Waals surface area contributed by atoms with Gasteiger partial charge >= 0.3 is 12.0 Å². The van der Waals surface area contributed by atoms with Gasteiger partial charge in [0.25, 0.3) is 11.8 Å². The first-order chi connectivity index (χ1) is 15.4. The Morgan fingerprint density at radius 2 is 1.88 bits per heavy atom. The molecule has 1 spiro atoms. The lowest BCUT2D eigenvalue weighted by Gasteiger charge is -2.34. The molecule has 1 atom stereocenters. The highest BCUT2D eigenvalue weighted by Gasteiger charge is 2.52. The number of urea groups is 1. The highest BCUT2D eigenvalue weighted by atomic mass is 16.5. The first-order valence-corrected chi connectivity index (χ1v) is 11.5. The topological polar surface area (TPSA) is 105 Å². The summed E-state index contributed by atoms with van der Waals surface area (Å²) >= 11 is 0. The number of ether oxygens (including phenoxy) is 1. The van der Waals surface area contributed by atoms with Gasteiger partial charge in [0.05, 0.1) is 6.04 Å². The van der Waals surface area contributed by atoms with Gasteiger partial charge in [0, 0.05) is 0 Å². The highest BCUT2D eigenvalue weighted by Crippen LogP contribution is 2.37. The van der Waals surface area contributed by atoms with E-state index < -0.39 is 36.6 Å². The molecule has 1 aromatic carbocycles. The molecule has 1 aliphatic heterocycles. The van der Waals surface area contributed by atoms with Gasteiger partial charge in [0.1, 0.15) is 12.1 Å². The maximum Gasteiger partial charge on any atom is 0.326 e. The number of rotatable bonds is 9. The molecule has 2 fully saturated rings. The minimum Gasteiger partial charge on any atom is -0.454 e. The van der Waals surface area contributed by atoms with E-state index in [2.05, 4.69) is 17.6 Å². The number of carbonyl (C=O) groups is 4. The summed E-state index contributed by atoms with van der Waals surface area (Å²) in [4.78, 5) is 50.8. The van der Waals surface area contributed by atoms with Crippen molar-refractivity contribution in [2.45, 2.75) is 70.4 Å². The van der Waals surface area contributed by atoms with Crippen LogP contribution in [-0.2, 0) is 19.1 Å². The smallest absolute Gasteiger partial charge is 0.326 e. The molecule has 32 heavy (non-hydrogen) atoms. The Kier molecular flexibility index (Phi) is 7.88. The molecule has 1 saturated heterocycles. The standard InChI is InChI=1S/C24H33N3O5/c1-3-8-19(18-9-6-5-7-10-18)25-20(28)16-32-21(29)15-27-22(30)24(26-23(27)31)13-11-17(4-2)12-14-24/h5-7,9-10,17,19H,3-4,8,11-16H2,1-2H3,(H,25,28)(H,26,31). The first-order valence-electron chi connectivity index (χ1n) is 11.5. The van der Waals surface area contributed by atoms with Crippen molar-refractivity contribution in [3.05, 3.63) is 35.9 Å². The monoisotopic (exact) mass is 443 g/mol. The summed E-state index contributed by atoms with van der Waals surface area (Å²) in [6.07, 6.45) is 5.62. The Labute approximate surface area is 189 Å². The Hall–Kier alpha value is -2.90. The molecular formula is C24H33N3O5. The number of nitrogens with zero attached hydrogens (tertiary/aromatic N) is 1. The first kappa shape index (κ1) is 23.8. The number of nitrogens with one attached hydrogen (secondary N) is 2. The van der Waals surface area contributed by atoms with Crippen LogP contribution >= 0.6 is 0 Å². The van der Waals surface area contributed by atoms with Gasteiger partial charge < -0.3 is 15.4 Å². The van der Waals surface area contributed by atoms with Gasteiger partial charge in [-0.15, -0.1) is 0 Å². The minimum atomic E-state index is -0.899. The number of hydrogen-bond acceptors (Lipinski definition) is 5. The molecule has 1 aromatic rings. The average Bonchev–Trinajstić information content (AvgIpc) is 3.02. The average molecular weight is 444 g/mol. The number of benzene rings is 1. The zero-order valence-electron chi connectivity index (χ0n) is 18.9. The zero-order valence-corrected chi connectivity index (χ0v) is 18.9. The van der Waals surface area contributed by atoms with Crippen LogP contribution in [0.3, 0.4) is 0 Å². The van der Waals surface area contributed by atoms with Crippen LogP contribution in [0.4, 0.5) is 4.79 Å². The molecule has 1 aliphatic carbocycles. The second-order valence-corrected chi connectivity index (χ2v) is 8.74. The molecule has 8 nitrogen and oxygen atoms in total. The van der Waals surface area contributed by atoms with Crippen LogP contribution in [0.2, 0.25) is 0 Å². The number of imide groups is 1. The van der Waals surface area contributed by atoms with Gasteiger partial charge in [-0.05, 0) is 43.6 Å². The molecule has 174 valence electrons. The van der Waals surface area contributed by atoms with Gasteiger partial charge in [-0.25, -0.2) is 4.79 Å². The zero-order chi connectivity index (χ0) is 23.1. The third-order valence-corrected chi connectivity index (χ3v) is 6.55. The molecule has 1 unspecified atom stereocenters. The van der Waals surface area contributed by atoms with E-state index >= 15 is 0 Å². The lowest BCUT2D eigenvalue weighted by Crippen LogP contribution is -2.49. The van der Waals surface area contributed by atoms with E-state index in [1.54, 1.807) is 0 Å². The molecular weight excluding hydrogens is 410 g/mol. The molecule has 3 rings (SSSR count). The van der Waals surface area contributed by atoms with Crippen molar-refractivity contribution in [1.82, 2.24) is 15.5 Å². The van der Waals surface area contributed by atoms with Crippen LogP contribution in [0.25, 0.3) is 0 Å². The van der Waals surface area contributed by atoms with Crippen LogP contribution < -0.4 is 10.6 Å². The summed E-state index contributed by atoms with van der Waals surface area (Å²) in [5, 5.41) is 5.67. The van der Waals surface area contributed by atoms with Crippen LogP contribution in [0, 0.1) is 5.92 Å². The fourth-order valence-corrected chi connectivity index (χ4v) is 4.59. The predicted molar refractivity (Wildman–Crippen MR) is 118 cm³/mol. The summed E-state index contributed by atoms with van der Waals surface area (Å²) in [5.74, 6) is -1.01. The lowest BCUT2D eigenvalue weighted by molar-refractivity contribution is -0.151. The SMILES string of the molecule is CCCC(NC(=O)COC(=O)CN1C(=O)NC2(CCC(CC)CC2)C1=O)c1ccccc1. The van der Waals surface area contributed by atoms with E-state index in [0.717, 1.165) is 42.6 Å². The van der Waals surface area contributed by atoms with Crippen LogP contribution in [0.5, 0.6) is 0 Å². The van der Waals surface area contributed by atoms with Crippen LogP contribution in [-0.4, -0.2) is 47.4 Å². The quantitative estimate of drug-likeness (QED) is 0.451. The van der Waals surface area contributed by atoms with E-state index in [1.807, 2.05) is 37.3 Å². The summed E-state index contributed by atoms with van der Waals surface area (Å²) in [7, 11) is 0. The molecule has 2 aliphatic rings. The molecule has 4 amide bonds. The van der Waals surface area contributed by atoms with E-state index in [-0.39, 0.29) is 11.9 Å². The molecule has 1 heterocycles. The minimum absolute atomic E-state index is 0.170. The molecule has 8 heteroatoms. The van der Waals surface area contributed by atoms with E-state index in [9.17, 15) is 19.2 Å². The maximum absolute atomic E-state index is 12.9. The second kappa shape index (κ2) is 10.6. The van der Waals surface area contributed by atoms with E-state index in [0.29, 0.717) is 18.8 Å². The molecule has 0 aromatic heterocycles. The van der Waals surface area contributed by atoms with Crippen molar-refractivity contribution in [2.24, 2.45) is 5.92 Å². The van der Waals surface area contributed by atoms with E-state index in [1.165, 1.54) is 0 Å². The Bertz CT molecular complexity index is 833. The molecule has 0 radical (unpaired) electrons. The lowest BCUT2D eigenvalue weighted by atomic mass is 9.75. The van der Waals surface area contributed by atoms with Crippen molar-refractivity contribution >= 4 is 23.8 Å². The number of carbonyl (C=O) groups excluding carboxylic acids is 4. The van der Waals surface area contributed by atoms with Crippen LogP contribution in [0.15, 0.2) is 30.3 Å². The molecule has 1 saturated carbocycles. The fraction of sp³-hybridized carbons (Fsp3) is 0.583. The Morgan fingerprint density at radius 3 is 2.50 bits per heavy atom. The van der Waals surface area contributed by atoms with Crippen LogP contribution in [0.1, 0.15) is 70.4 Å². The Morgan fingerprint density at radius 1 is 1.19 bits per heavy atom. The summed E-state index contributed by atoms with van der Waals surface area (Å²) in [6.45, 7) is 3.20. The van der Waals surface area contributed by atoms with Gasteiger partial charge in [0.2, 0.25) is 0 Å². The Balaban J connectivity index is 1.49. The third-order valence-electron chi connectivity index (χ3n) is 6.55. The van der Waals surface area contributed by atoms with Gasteiger partial charge in [-0.1, -0.05) is 57.0 Å².